The molecule has 2 heterocycles. The number of ether oxygens (including phenoxy) is 1. The monoisotopic (exact) mass is 250 g/mol. The maximum absolute atomic E-state index is 5.35. The van der Waals surface area contributed by atoms with Crippen LogP contribution in [0.1, 0.15) is 62.6 Å². The Labute approximate surface area is 108 Å². The Morgan fingerprint density at radius 3 is 2.78 bits per heavy atom. The summed E-state index contributed by atoms with van der Waals surface area (Å²) in [7, 11) is 0. The first-order chi connectivity index (χ1) is 8.92. The van der Waals surface area contributed by atoms with Crippen molar-refractivity contribution in [2.75, 3.05) is 13.2 Å². The van der Waals surface area contributed by atoms with Crippen molar-refractivity contribution in [3.8, 4) is 0 Å². The van der Waals surface area contributed by atoms with Crippen molar-refractivity contribution >= 4 is 0 Å². The molecule has 1 aliphatic carbocycles. The van der Waals surface area contributed by atoms with E-state index in [1.165, 1.54) is 38.5 Å². The summed E-state index contributed by atoms with van der Waals surface area (Å²) < 4.78 is 10.7. The highest BCUT2D eigenvalue weighted by molar-refractivity contribution is 4.97. The molecule has 0 spiro atoms. The number of rotatable bonds is 4. The largest absolute Gasteiger partial charge is 0.381 e. The van der Waals surface area contributed by atoms with Crippen LogP contribution in [0.5, 0.6) is 0 Å². The fraction of sp³-hybridized carbons (Fsp3) is 0.857. The maximum Gasteiger partial charge on any atom is 0.226 e. The SMILES string of the molecule is C1CCC(CCc2nc(C3CCOC3)no2)CC1. The van der Waals surface area contributed by atoms with Crippen LogP contribution in [0.4, 0.5) is 0 Å². The fourth-order valence-corrected chi connectivity index (χ4v) is 3.08. The van der Waals surface area contributed by atoms with Crippen molar-refractivity contribution in [1.82, 2.24) is 10.1 Å². The van der Waals surface area contributed by atoms with Gasteiger partial charge in [0.15, 0.2) is 5.82 Å². The smallest absolute Gasteiger partial charge is 0.226 e. The van der Waals surface area contributed by atoms with Gasteiger partial charge in [0.2, 0.25) is 5.89 Å². The molecule has 18 heavy (non-hydrogen) atoms. The molecule has 0 N–H and O–H groups in total. The summed E-state index contributed by atoms with van der Waals surface area (Å²) in [4.78, 5) is 4.52. The number of aromatic nitrogens is 2. The molecule has 4 heteroatoms. The van der Waals surface area contributed by atoms with Crippen LogP contribution in [0.25, 0.3) is 0 Å². The second kappa shape index (κ2) is 5.83. The van der Waals surface area contributed by atoms with Crippen LogP contribution in [-0.2, 0) is 11.2 Å². The molecule has 100 valence electrons. The van der Waals surface area contributed by atoms with Crippen LogP contribution < -0.4 is 0 Å². The first kappa shape index (κ1) is 12.2. The van der Waals surface area contributed by atoms with Gasteiger partial charge in [-0.2, -0.15) is 4.98 Å². The van der Waals surface area contributed by atoms with E-state index in [4.69, 9.17) is 9.26 Å². The molecule has 1 aromatic rings. The zero-order valence-electron chi connectivity index (χ0n) is 10.9. The van der Waals surface area contributed by atoms with E-state index in [2.05, 4.69) is 10.1 Å². The van der Waals surface area contributed by atoms with Gasteiger partial charge in [0.05, 0.1) is 6.61 Å². The Hall–Kier alpha value is -0.900. The zero-order valence-corrected chi connectivity index (χ0v) is 10.9. The van der Waals surface area contributed by atoms with Crippen molar-refractivity contribution in [3.05, 3.63) is 11.7 Å². The van der Waals surface area contributed by atoms with Crippen LogP contribution in [0.2, 0.25) is 0 Å². The molecule has 1 atom stereocenters. The van der Waals surface area contributed by atoms with Crippen LogP contribution in [-0.4, -0.2) is 23.4 Å². The minimum atomic E-state index is 0.359. The molecular weight excluding hydrogens is 228 g/mol. The zero-order chi connectivity index (χ0) is 12.2. The third-order valence-corrected chi connectivity index (χ3v) is 4.27. The van der Waals surface area contributed by atoms with E-state index in [0.29, 0.717) is 5.92 Å². The standard InChI is InChI=1S/C14H22N2O2/c1-2-4-11(5-3-1)6-7-13-15-14(16-18-13)12-8-9-17-10-12/h11-12H,1-10H2. The van der Waals surface area contributed by atoms with Gasteiger partial charge in [-0.3, -0.25) is 0 Å². The molecule has 0 aromatic carbocycles. The predicted octanol–water partition coefficient (Wildman–Crippen LogP) is 3.09. The summed E-state index contributed by atoms with van der Waals surface area (Å²) in [5, 5.41) is 4.10. The Morgan fingerprint density at radius 1 is 1.11 bits per heavy atom. The molecule has 1 saturated heterocycles. The van der Waals surface area contributed by atoms with E-state index < -0.39 is 0 Å². The maximum atomic E-state index is 5.35. The van der Waals surface area contributed by atoms with E-state index in [-0.39, 0.29) is 0 Å². The summed E-state index contributed by atoms with van der Waals surface area (Å²) >= 11 is 0. The van der Waals surface area contributed by atoms with Gasteiger partial charge >= 0.3 is 0 Å². The molecule has 1 unspecified atom stereocenters. The molecule has 4 nitrogen and oxygen atoms in total. The number of hydrogen-bond acceptors (Lipinski definition) is 4. The third kappa shape index (κ3) is 2.91. The normalized spacial score (nSPS) is 25.7. The highest BCUT2D eigenvalue weighted by Crippen LogP contribution is 2.28. The number of hydrogen-bond donors (Lipinski definition) is 0. The Bertz CT molecular complexity index is 366. The Balaban J connectivity index is 1.50. The summed E-state index contributed by atoms with van der Waals surface area (Å²) in [6.07, 6.45) is 10.2. The van der Waals surface area contributed by atoms with E-state index in [1.54, 1.807) is 0 Å². The minimum Gasteiger partial charge on any atom is -0.381 e. The predicted molar refractivity (Wildman–Crippen MR) is 67.4 cm³/mol. The van der Waals surface area contributed by atoms with Crippen LogP contribution in [0.15, 0.2) is 4.52 Å². The Morgan fingerprint density at radius 2 is 2.00 bits per heavy atom. The first-order valence-corrected chi connectivity index (χ1v) is 7.32. The van der Waals surface area contributed by atoms with Crippen molar-refractivity contribution in [1.29, 1.82) is 0 Å². The molecule has 2 fully saturated rings. The van der Waals surface area contributed by atoms with Crippen molar-refractivity contribution in [2.24, 2.45) is 5.92 Å². The molecule has 0 radical (unpaired) electrons. The van der Waals surface area contributed by atoms with Crippen molar-refractivity contribution in [2.45, 2.75) is 57.3 Å². The fourth-order valence-electron chi connectivity index (χ4n) is 3.08. The summed E-state index contributed by atoms with van der Waals surface area (Å²) in [6, 6.07) is 0. The molecule has 1 aliphatic heterocycles. The molecule has 1 aromatic heterocycles. The molecule has 2 aliphatic rings. The number of nitrogens with zero attached hydrogens (tertiary/aromatic N) is 2. The lowest BCUT2D eigenvalue weighted by molar-refractivity contribution is 0.192. The average Bonchev–Trinajstić information content (AvgIpc) is 3.08. The highest BCUT2D eigenvalue weighted by Gasteiger charge is 2.23. The molecule has 0 amide bonds. The summed E-state index contributed by atoms with van der Waals surface area (Å²) in [6.45, 7) is 1.58. The molecule has 1 saturated carbocycles. The lowest BCUT2D eigenvalue weighted by atomic mass is 9.86. The van der Waals surface area contributed by atoms with Gasteiger partial charge < -0.3 is 9.26 Å². The second-order valence-electron chi connectivity index (χ2n) is 5.65. The quantitative estimate of drug-likeness (QED) is 0.824. The van der Waals surface area contributed by atoms with Crippen molar-refractivity contribution in [3.63, 3.8) is 0 Å². The van der Waals surface area contributed by atoms with E-state index in [1.807, 2.05) is 0 Å². The summed E-state index contributed by atoms with van der Waals surface area (Å²) in [5.41, 5.74) is 0. The highest BCUT2D eigenvalue weighted by atomic mass is 16.5. The topological polar surface area (TPSA) is 48.2 Å². The summed E-state index contributed by atoms with van der Waals surface area (Å²) in [5.74, 6) is 2.91. The van der Waals surface area contributed by atoms with Gasteiger partial charge in [0.25, 0.3) is 0 Å². The van der Waals surface area contributed by atoms with Crippen LogP contribution in [0.3, 0.4) is 0 Å². The van der Waals surface area contributed by atoms with E-state index in [9.17, 15) is 0 Å². The first-order valence-electron chi connectivity index (χ1n) is 7.32. The van der Waals surface area contributed by atoms with E-state index in [0.717, 1.165) is 43.7 Å². The van der Waals surface area contributed by atoms with E-state index >= 15 is 0 Å². The third-order valence-electron chi connectivity index (χ3n) is 4.27. The van der Waals surface area contributed by atoms with Crippen LogP contribution in [0, 0.1) is 5.92 Å². The van der Waals surface area contributed by atoms with Crippen LogP contribution >= 0.6 is 0 Å². The van der Waals surface area contributed by atoms with Crippen molar-refractivity contribution < 1.29 is 9.26 Å². The molecule has 3 rings (SSSR count). The lowest BCUT2D eigenvalue weighted by Crippen LogP contribution is -2.07. The van der Waals surface area contributed by atoms with Gasteiger partial charge in [-0.25, -0.2) is 0 Å². The minimum absolute atomic E-state index is 0.359. The van der Waals surface area contributed by atoms with Gasteiger partial charge in [0.1, 0.15) is 0 Å². The second-order valence-corrected chi connectivity index (χ2v) is 5.65. The van der Waals surface area contributed by atoms with Gasteiger partial charge in [-0.15, -0.1) is 0 Å². The Kier molecular flexibility index (Phi) is 3.93. The van der Waals surface area contributed by atoms with Gasteiger partial charge in [-0.1, -0.05) is 37.3 Å². The number of aryl methyl sites for hydroxylation is 1. The average molecular weight is 250 g/mol. The molecule has 0 bridgehead atoms. The van der Waals surface area contributed by atoms with Gasteiger partial charge in [-0.05, 0) is 18.8 Å². The van der Waals surface area contributed by atoms with Gasteiger partial charge in [0, 0.05) is 18.9 Å². The molecular formula is C14H22N2O2. The lowest BCUT2D eigenvalue weighted by Gasteiger charge is -2.20.